The van der Waals surface area contributed by atoms with Crippen molar-refractivity contribution >= 4 is 22.9 Å². The molecule has 0 bridgehead atoms. The summed E-state index contributed by atoms with van der Waals surface area (Å²) in [6.07, 6.45) is 5.38. The summed E-state index contributed by atoms with van der Waals surface area (Å²) in [5.74, 6) is -0.609. The van der Waals surface area contributed by atoms with E-state index in [0.29, 0.717) is 19.7 Å². The van der Waals surface area contributed by atoms with Gasteiger partial charge in [0.05, 0.1) is 12.6 Å². The van der Waals surface area contributed by atoms with Crippen molar-refractivity contribution < 1.29 is 18.7 Å². The first-order valence-electron chi connectivity index (χ1n) is 10.6. The first-order chi connectivity index (χ1) is 15.7. The summed E-state index contributed by atoms with van der Waals surface area (Å²) < 4.78 is 26.8. The number of carbonyl (C=O) groups is 1. The fraction of sp³-hybridized carbons (Fsp3) is 0.280. The van der Waals surface area contributed by atoms with Crippen molar-refractivity contribution in [2.75, 3.05) is 19.8 Å². The van der Waals surface area contributed by atoms with Gasteiger partial charge < -0.3 is 19.4 Å². The zero-order chi connectivity index (χ0) is 22.3. The van der Waals surface area contributed by atoms with Gasteiger partial charge in [0.15, 0.2) is 11.6 Å². The lowest BCUT2D eigenvalue weighted by atomic mass is 10.1. The van der Waals surface area contributed by atoms with Crippen molar-refractivity contribution in [2.45, 2.75) is 25.5 Å². The standard InChI is InChI=1S/C25H24FN3O3/c26-22-8-2-4-10-24(22)32-13-11-29-17-19(21-7-1-3-9-23(21)29)14-18(15-27)25(30)28-16-20-6-5-12-31-20/h1-4,7-10,14,17,20H,5-6,11-13,16H2,(H,28,30). The van der Waals surface area contributed by atoms with Crippen LogP contribution in [0.4, 0.5) is 4.39 Å². The number of rotatable bonds is 8. The number of nitrogens with one attached hydrogen (secondary N) is 1. The smallest absolute Gasteiger partial charge is 0.262 e. The van der Waals surface area contributed by atoms with Crippen LogP contribution in [-0.2, 0) is 16.1 Å². The third-order valence-electron chi connectivity index (χ3n) is 5.43. The zero-order valence-corrected chi connectivity index (χ0v) is 17.6. The Kier molecular flexibility index (Phi) is 6.83. The van der Waals surface area contributed by atoms with E-state index in [9.17, 15) is 14.4 Å². The Morgan fingerprint density at radius 3 is 2.88 bits per heavy atom. The molecule has 0 spiro atoms. The van der Waals surface area contributed by atoms with Crippen molar-refractivity contribution in [3.8, 4) is 11.8 Å². The van der Waals surface area contributed by atoms with Crippen LogP contribution in [0.1, 0.15) is 18.4 Å². The molecule has 164 valence electrons. The molecule has 32 heavy (non-hydrogen) atoms. The molecule has 1 aliphatic heterocycles. The summed E-state index contributed by atoms with van der Waals surface area (Å²) >= 11 is 0. The normalized spacial score (nSPS) is 16.1. The topological polar surface area (TPSA) is 76.3 Å². The van der Waals surface area contributed by atoms with Gasteiger partial charge in [-0.1, -0.05) is 30.3 Å². The van der Waals surface area contributed by atoms with E-state index in [2.05, 4.69) is 5.32 Å². The minimum atomic E-state index is -0.414. The number of hydrogen-bond donors (Lipinski definition) is 1. The van der Waals surface area contributed by atoms with Gasteiger partial charge in [0, 0.05) is 35.8 Å². The van der Waals surface area contributed by atoms with Crippen LogP contribution in [0.25, 0.3) is 17.0 Å². The summed E-state index contributed by atoms with van der Waals surface area (Å²) in [5, 5.41) is 13.3. The minimum absolute atomic E-state index is 0.00950. The lowest BCUT2D eigenvalue weighted by Crippen LogP contribution is -2.32. The number of fused-ring (bicyclic) bond motifs is 1. The first-order valence-corrected chi connectivity index (χ1v) is 10.6. The van der Waals surface area contributed by atoms with Crippen LogP contribution in [0.5, 0.6) is 5.75 Å². The molecule has 1 aliphatic rings. The highest BCUT2D eigenvalue weighted by molar-refractivity contribution is 6.04. The number of hydrogen-bond acceptors (Lipinski definition) is 4. The van der Waals surface area contributed by atoms with Crippen molar-refractivity contribution in [2.24, 2.45) is 0 Å². The predicted molar refractivity (Wildman–Crippen MR) is 119 cm³/mol. The second-order valence-electron chi connectivity index (χ2n) is 7.59. The highest BCUT2D eigenvalue weighted by Crippen LogP contribution is 2.24. The average molecular weight is 433 g/mol. The van der Waals surface area contributed by atoms with E-state index < -0.39 is 11.7 Å². The van der Waals surface area contributed by atoms with Crippen LogP contribution in [0.15, 0.2) is 60.3 Å². The van der Waals surface area contributed by atoms with Crippen LogP contribution >= 0.6 is 0 Å². The van der Waals surface area contributed by atoms with E-state index in [-0.39, 0.29) is 24.0 Å². The van der Waals surface area contributed by atoms with Crippen LogP contribution in [0, 0.1) is 17.1 Å². The third-order valence-corrected chi connectivity index (χ3v) is 5.43. The largest absolute Gasteiger partial charge is 0.489 e. The number of aromatic nitrogens is 1. The maximum atomic E-state index is 13.8. The van der Waals surface area contributed by atoms with Gasteiger partial charge >= 0.3 is 0 Å². The Bertz CT molecular complexity index is 1170. The van der Waals surface area contributed by atoms with Crippen LogP contribution in [0.2, 0.25) is 0 Å². The van der Waals surface area contributed by atoms with E-state index in [1.165, 1.54) is 6.07 Å². The van der Waals surface area contributed by atoms with Crippen LogP contribution in [0.3, 0.4) is 0 Å². The van der Waals surface area contributed by atoms with Gasteiger partial charge in [-0.2, -0.15) is 5.26 Å². The molecule has 1 N–H and O–H groups in total. The van der Waals surface area contributed by atoms with E-state index in [1.54, 1.807) is 24.3 Å². The maximum Gasteiger partial charge on any atom is 0.262 e. The average Bonchev–Trinajstić information content (AvgIpc) is 3.45. The molecule has 1 fully saturated rings. The summed E-state index contributed by atoms with van der Waals surface area (Å²) in [5.41, 5.74) is 1.73. The lowest BCUT2D eigenvalue weighted by molar-refractivity contribution is -0.117. The molecule has 1 aromatic heterocycles. The van der Waals surface area contributed by atoms with Gasteiger partial charge in [0.2, 0.25) is 0 Å². The van der Waals surface area contributed by atoms with Gasteiger partial charge in [-0.15, -0.1) is 0 Å². The Morgan fingerprint density at radius 2 is 2.09 bits per heavy atom. The Labute approximate surface area is 185 Å². The number of amides is 1. The molecule has 4 rings (SSSR count). The van der Waals surface area contributed by atoms with Crippen molar-refractivity contribution in [1.29, 1.82) is 5.26 Å². The molecule has 0 aliphatic carbocycles. The zero-order valence-electron chi connectivity index (χ0n) is 17.6. The number of nitriles is 1. The van der Waals surface area contributed by atoms with Crippen LogP contribution in [-0.4, -0.2) is 36.3 Å². The summed E-state index contributed by atoms with van der Waals surface area (Å²) in [4.78, 5) is 12.5. The molecule has 1 saturated heterocycles. The molecule has 6 nitrogen and oxygen atoms in total. The van der Waals surface area contributed by atoms with Crippen LogP contribution < -0.4 is 10.1 Å². The number of halogens is 1. The second kappa shape index (κ2) is 10.1. The number of benzene rings is 2. The molecule has 1 amide bonds. The summed E-state index contributed by atoms with van der Waals surface area (Å²) in [6, 6.07) is 16.0. The van der Waals surface area contributed by atoms with Gasteiger partial charge in [-0.25, -0.2) is 4.39 Å². The first kappa shape index (κ1) is 21.6. The third kappa shape index (κ3) is 4.98. The molecular formula is C25H24FN3O3. The monoisotopic (exact) mass is 433 g/mol. The molecule has 2 heterocycles. The molecule has 1 atom stereocenters. The summed E-state index contributed by atoms with van der Waals surface area (Å²) in [6.45, 7) is 1.86. The fourth-order valence-electron chi connectivity index (χ4n) is 3.80. The molecule has 3 aromatic rings. The lowest BCUT2D eigenvalue weighted by Gasteiger charge is -2.10. The molecular weight excluding hydrogens is 409 g/mol. The quantitative estimate of drug-likeness (QED) is 0.429. The second-order valence-corrected chi connectivity index (χ2v) is 7.59. The molecule has 2 aromatic carbocycles. The van der Waals surface area contributed by atoms with E-state index >= 15 is 0 Å². The molecule has 0 saturated carbocycles. The van der Waals surface area contributed by atoms with Crippen molar-refractivity contribution in [1.82, 2.24) is 9.88 Å². The highest BCUT2D eigenvalue weighted by atomic mass is 19.1. The Balaban J connectivity index is 1.50. The SMILES string of the molecule is N#CC(=Cc1cn(CCOc2ccccc2F)c2ccccc12)C(=O)NCC1CCCO1. The van der Waals surface area contributed by atoms with Gasteiger partial charge in [-0.05, 0) is 37.1 Å². The predicted octanol–water partition coefficient (Wildman–Crippen LogP) is 4.06. The number of carbonyl (C=O) groups excluding carboxylic acids is 1. The Morgan fingerprint density at radius 1 is 1.28 bits per heavy atom. The van der Waals surface area contributed by atoms with E-state index in [4.69, 9.17) is 9.47 Å². The number of ether oxygens (including phenoxy) is 2. The van der Waals surface area contributed by atoms with E-state index in [0.717, 1.165) is 29.3 Å². The number of para-hydroxylation sites is 2. The molecule has 1 unspecified atom stereocenters. The molecule has 0 radical (unpaired) electrons. The van der Waals surface area contributed by atoms with Crippen molar-refractivity contribution in [3.63, 3.8) is 0 Å². The maximum absolute atomic E-state index is 13.8. The summed E-state index contributed by atoms with van der Waals surface area (Å²) in [7, 11) is 0. The minimum Gasteiger partial charge on any atom is -0.489 e. The number of nitrogens with zero attached hydrogens (tertiary/aromatic N) is 2. The molecule has 7 heteroatoms. The highest BCUT2D eigenvalue weighted by Gasteiger charge is 2.18. The van der Waals surface area contributed by atoms with Crippen molar-refractivity contribution in [3.05, 3.63) is 71.7 Å². The van der Waals surface area contributed by atoms with Gasteiger partial charge in [0.25, 0.3) is 5.91 Å². The Hall–Kier alpha value is -3.63. The van der Waals surface area contributed by atoms with Gasteiger partial charge in [-0.3, -0.25) is 4.79 Å². The van der Waals surface area contributed by atoms with Gasteiger partial charge in [0.1, 0.15) is 18.2 Å². The van der Waals surface area contributed by atoms with E-state index in [1.807, 2.05) is 41.1 Å². The fourth-order valence-corrected chi connectivity index (χ4v) is 3.80.